The SMILES string of the molecule is C=NCC(/C=N\CSNCCCC)CN(C)CCC(N)C(C)OCC.CC.CC. The average molecular weight is 434 g/mol. The summed E-state index contributed by atoms with van der Waals surface area (Å²) < 4.78 is 8.88. The predicted octanol–water partition coefficient (Wildman–Crippen LogP) is 4.50. The van der Waals surface area contributed by atoms with Gasteiger partial charge in [0.25, 0.3) is 0 Å². The lowest BCUT2D eigenvalue weighted by molar-refractivity contribution is 0.0532. The van der Waals surface area contributed by atoms with Crippen LogP contribution in [0.25, 0.3) is 0 Å². The van der Waals surface area contributed by atoms with E-state index in [-0.39, 0.29) is 12.1 Å². The van der Waals surface area contributed by atoms with Gasteiger partial charge in [0, 0.05) is 44.4 Å². The molecule has 3 N–H and O–H groups in total. The minimum atomic E-state index is 0.0673. The Morgan fingerprint density at radius 3 is 2.45 bits per heavy atom. The Morgan fingerprint density at radius 1 is 1.24 bits per heavy atom. The molecule has 0 aromatic rings. The molecule has 0 aliphatic carbocycles. The molecule has 0 aliphatic heterocycles. The summed E-state index contributed by atoms with van der Waals surface area (Å²) in [5.74, 6) is 1.02. The van der Waals surface area contributed by atoms with Crippen LogP contribution < -0.4 is 10.5 Å². The van der Waals surface area contributed by atoms with Crippen molar-refractivity contribution in [1.82, 2.24) is 9.62 Å². The fourth-order valence-electron chi connectivity index (χ4n) is 2.40. The number of hydrogen-bond donors (Lipinski definition) is 2. The predicted molar refractivity (Wildman–Crippen MR) is 136 cm³/mol. The van der Waals surface area contributed by atoms with Gasteiger partial charge in [0.15, 0.2) is 0 Å². The summed E-state index contributed by atoms with van der Waals surface area (Å²) >= 11 is 1.66. The number of aliphatic imine (C=N–C) groups is 2. The Morgan fingerprint density at radius 2 is 1.90 bits per heavy atom. The number of rotatable bonds is 17. The van der Waals surface area contributed by atoms with Crippen LogP contribution in [0.5, 0.6) is 0 Å². The molecular weight excluding hydrogens is 382 g/mol. The molecule has 7 heteroatoms. The summed E-state index contributed by atoms with van der Waals surface area (Å²) in [6.45, 7) is 22.1. The minimum Gasteiger partial charge on any atom is -0.377 e. The molecule has 6 nitrogen and oxygen atoms in total. The van der Waals surface area contributed by atoms with Crippen molar-refractivity contribution in [2.75, 3.05) is 45.7 Å². The van der Waals surface area contributed by atoms with E-state index in [1.54, 1.807) is 11.9 Å². The van der Waals surface area contributed by atoms with E-state index in [9.17, 15) is 0 Å². The summed E-state index contributed by atoms with van der Waals surface area (Å²) in [5, 5.41) is 0. The van der Waals surface area contributed by atoms with Gasteiger partial charge < -0.3 is 20.4 Å². The normalized spacial score (nSPS) is 13.9. The van der Waals surface area contributed by atoms with Gasteiger partial charge in [-0.15, -0.1) is 0 Å². The Labute approximate surface area is 186 Å². The standard InChI is InChI=1S/C18H39N5OS.2C2H6/c1-6-8-10-22-25-15-21-13-17(12-20-4)14-23(5)11-9-18(19)16(3)24-7-2;2*1-2/h13,16-18,22H,4,6-12,14-15,19H2,1-3,5H3;2*1-2H3/b21-13-;;. The molecule has 3 atom stereocenters. The van der Waals surface area contributed by atoms with E-state index in [0.29, 0.717) is 19.1 Å². The summed E-state index contributed by atoms with van der Waals surface area (Å²) in [4.78, 5) is 10.8. The van der Waals surface area contributed by atoms with Gasteiger partial charge in [-0.1, -0.05) is 53.0 Å². The van der Waals surface area contributed by atoms with Crippen LogP contribution in [0.4, 0.5) is 0 Å². The molecule has 0 radical (unpaired) electrons. The maximum atomic E-state index is 6.17. The zero-order valence-electron chi connectivity index (χ0n) is 20.6. The Hall–Kier alpha value is -0.470. The zero-order chi connectivity index (χ0) is 22.9. The number of hydrogen-bond acceptors (Lipinski definition) is 7. The summed E-state index contributed by atoms with van der Waals surface area (Å²) in [6, 6.07) is 0.0673. The second-order valence-electron chi connectivity index (χ2n) is 6.39. The minimum absolute atomic E-state index is 0.0673. The molecule has 176 valence electrons. The van der Waals surface area contributed by atoms with Gasteiger partial charge in [-0.25, -0.2) is 0 Å². The van der Waals surface area contributed by atoms with Crippen molar-refractivity contribution in [2.45, 2.75) is 79.9 Å². The quantitative estimate of drug-likeness (QED) is 0.201. The smallest absolute Gasteiger partial charge is 0.0983 e. The highest BCUT2D eigenvalue weighted by molar-refractivity contribution is 7.97. The summed E-state index contributed by atoms with van der Waals surface area (Å²) in [5.41, 5.74) is 6.17. The lowest BCUT2D eigenvalue weighted by atomic mass is 10.1. The third-order valence-corrected chi connectivity index (χ3v) is 4.66. The van der Waals surface area contributed by atoms with E-state index in [1.165, 1.54) is 12.8 Å². The van der Waals surface area contributed by atoms with Crippen molar-refractivity contribution >= 4 is 24.9 Å². The first kappa shape index (κ1) is 33.2. The molecule has 0 fully saturated rings. The Kier molecular flexibility index (Phi) is 31.5. The molecule has 0 aromatic heterocycles. The first-order valence-electron chi connectivity index (χ1n) is 11.4. The second kappa shape index (κ2) is 27.5. The molecule has 3 unspecified atom stereocenters. The first-order chi connectivity index (χ1) is 14.0. The highest BCUT2D eigenvalue weighted by atomic mass is 32.2. The molecule has 0 saturated heterocycles. The average Bonchev–Trinajstić information content (AvgIpc) is 2.74. The largest absolute Gasteiger partial charge is 0.377 e. The Bertz CT molecular complexity index is 345. The molecular formula is C22H51N5OS. The van der Waals surface area contributed by atoms with E-state index >= 15 is 0 Å². The zero-order valence-corrected chi connectivity index (χ0v) is 21.4. The molecule has 0 spiro atoms. The molecule has 0 bridgehead atoms. The molecule has 0 heterocycles. The van der Waals surface area contributed by atoms with Crippen molar-refractivity contribution in [3.05, 3.63) is 0 Å². The van der Waals surface area contributed by atoms with Crippen molar-refractivity contribution < 1.29 is 4.74 Å². The molecule has 0 aromatic carbocycles. The molecule has 0 aliphatic rings. The van der Waals surface area contributed by atoms with Crippen LogP contribution in [0.3, 0.4) is 0 Å². The third kappa shape index (κ3) is 23.7. The van der Waals surface area contributed by atoms with Gasteiger partial charge in [-0.2, -0.15) is 0 Å². The fourth-order valence-corrected chi connectivity index (χ4v) is 2.94. The van der Waals surface area contributed by atoms with Gasteiger partial charge in [0.1, 0.15) is 0 Å². The van der Waals surface area contributed by atoms with Gasteiger partial charge >= 0.3 is 0 Å². The number of nitrogens with two attached hydrogens (primary N) is 1. The van der Waals surface area contributed by atoms with Crippen molar-refractivity contribution in [1.29, 1.82) is 0 Å². The van der Waals surface area contributed by atoms with Crippen molar-refractivity contribution in [2.24, 2.45) is 21.6 Å². The number of ether oxygens (including phenoxy) is 1. The highest BCUT2D eigenvalue weighted by Gasteiger charge is 2.15. The van der Waals surface area contributed by atoms with Crippen LogP contribution in [0, 0.1) is 5.92 Å². The monoisotopic (exact) mass is 433 g/mol. The third-order valence-electron chi connectivity index (χ3n) is 3.98. The van der Waals surface area contributed by atoms with Crippen LogP contribution in [0.2, 0.25) is 0 Å². The van der Waals surface area contributed by atoms with Gasteiger partial charge in [-0.05, 0) is 47.0 Å². The molecule has 0 saturated carbocycles. The van der Waals surface area contributed by atoms with Crippen LogP contribution >= 0.6 is 11.9 Å². The van der Waals surface area contributed by atoms with Crippen molar-refractivity contribution in [3.63, 3.8) is 0 Å². The number of nitrogens with one attached hydrogen (secondary N) is 1. The maximum Gasteiger partial charge on any atom is 0.0983 e. The molecule has 0 rings (SSSR count). The van der Waals surface area contributed by atoms with Crippen LogP contribution in [0.15, 0.2) is 9.98 Å². The lowest BCUT2D eigenvalue weighted by Gasteiger charge is -2.24. The lowest BCUT2D eigenvalue weighted by Crippen LogP contribution is -2.39. The van der Waals surface area contributed by atoms with Gasteiger partial charge in [0.2, 0.25) is 0 Å². The van der Waals surface area contributed by atoms with E-state index in [2.05, 4.69) is 40.3 Å². The van der Waals surface area contributed by atoms with Crippen LogP contribution in [0.1, 0.15) is 67.7 Å². The first-order valence-corrected chi connectivity index (χ1v) is 12.4. The highest BCUT2D eigenvalue weighted by Crippen LogP contribution is 2.05. The van der Waals surface area contributed by atoms with Gasteiger partial charge in [-0.3, -0.25) is 9.71 Å². The maximum absolute atomic E-state index is 6.17. The van der Waals surface area contributed by atoms with E-state index in [0.717, 1.165) is 31.9 Å². The summed E-state index contributed by atoms with van der Waals surface area (Å²) in [6.07, 6.45) is 5.45. The van der Waals surface area contributed by atoms with Crippen LogP contribution in [-0.2, 0) is 4.74 Å². The summed E-state index contributed by atoms with van der Waals surface area (Å²) in [7, 11) is 2.11. The van der Waals surface area contributed by atoms with E-state index in [1.807, 2.05) is 47.8 Å². The topological polar surface area (TPSA) is 75.2 Å². The number of nitrogens with zero attached hydrogens (tertiary/aromatic N) is 3. The Balaban J connectivity index is -0.00000158. The fraction of sp³-hybridized carbons (Fsp3) is 0.909. The number of unbranched alkanes of at least 4 members (excludes halogenated alkanes) is 1. The van der Waals surface area contributed by atoms with Crippen LogP contribution in [-0.4, -0.2) is 75.7 Å². The second-order valence-corrected chi connectivity index (χ2v) is 7.23. The van der Waals surface area contributed by atoms with Crippen molar-refractivity contribution in [3.8, 4) is 0 Å². The van der Waals surface area contributed by atoms with Gasteiger partial charge in [0.05, 0.1) is 12.0 Å². The van der Waals surface area contributed by atoms with E-state index in [4.69, 9.17) is 10.5 Å². The molecule has 0 amide bonds. The molecule has 29 heavy (non-hydrogen) atoms. The van der Waals surface area contributed by atoms with E-state index < -0.39 is 0 Å².